The highest BCUT2D eigenvalue weighted by molar-refractivity contribution is 14.1. The van der Waals surface area contributed by atoms with Crippen molar-refractivity contribution in [2.45, 2.75) is 4.05 Å². The molecule has 1 aromatic rings. The fourth-order valence-corrected chi connectivity index (χ4v) is 1.31. The SMILES string of the molecule is CONC(I)c1ccccn1. The van der Waals surface area contributed by atoms with Crippen molar-refractivity contribution in [1.29, 1.82) is 0 Å². The second-order valence-corrected chi connectivity index (χ2v) is 3.18. The van der Waals surface area contributed by atoms with Crippen LogP contribution >= 0.6 is 22.6 Å². The van der Waals surface area contributed by atoms with Gasteiger partial charge in [-0.3, -0.25) is 4.98 Å². The van der Waals surface area contributed by atoms with Gasteiger partial charge in [0, 0.05) is 6.20 Å². The van der Waals surface area contributed by atoms with Crippen LogP contribution in [0.1, 0.15) is 9.74 Å². The van der Waals surface area contributed by atoms with Crippen LogP contribution in [-0.4, -0.2) is 12.1 Å². The van der Waals surface area contributed by atoms with E-state index in [1.165, 1.54) is 0 Å². The Balaban J connectivity index is 2.61. The highest BCUT2D eigenvalue weighted by Gasteiger charge is 2.04. The van der Waals surface area contributed by atoms with Crippen molar-refractivity contribution >= 4 is 22.6 Å². The summed E-state index contributed by atoms with van der Waals surface area (Å²) in [6, 6.07) is 5.79. The summed E-state index contributed by atoms with van der Waals surface area (Å²) in [5.41, 5.74) is 3.75. The van der Waals surface area contributed by atoms with E-state index in [9.17, 15) is 0 Å². The van der Waals surface area contributed by atoms with Crippen LogP contribution in [-0.2, 0) is 4.84 Å². The minimum Gasteiger partial charge on any atom is -0.304 e. The Bertz CT molecular complexity index is 205. The Kier molecular flexibility index (Phi) is 3.74. The third kappa shape index (κ3) is 2.72. The first kappa shape index (κ1) is 8.89. The standard InChI is InChI=1S/C7H9IN2O/c1-11-10-7(8)6-4-2-3-5-9-6/h2-5,7,10H,1H3. The zero-order valence-corrected chi connectivity index (χ0v) is 8.28. The van der Waals surface area contributed by atoms with Gasteiger partial charge in [-0.15, -0.1) is 0 Å². The first-order valence-electron chi connectivity index (χ1n) is 3.18. The quantitative estimate of drug-likeness (QED) is 0.390. The molecule has 0 saturated carbocycles. The number of hydrogen-bond acceptors (Lipinski definition) is 3. The Labute approximate surface area is 79.3 Å². The largest absolute Gasteiger partial charge is 0.304 e. The number of hydroxylamine groups is 1. The fourth-order valence-electron chi connectivity index (χ4n) is 0.690. The number of rotatable bonds is 3. The summed E-state index contributed by atoms with van der Waals surface area (Å²) in [5, 5.41) is 0. The molecule has 11 heavy (non-hydrogen) atoms. The van der Waals surface area contributed by atoms with E-state index in [0.29, 0.717) is 0 Å². The van der Waals surface area contributed by atoms with Gasteiger partial charge in [-0.2, -0.15) is 5.48 Å². The molecule has 0 fully saturated rings. The van der Waals surface area contributed by atoms with Crippen LogP contribution in [0.15, 0.2) is 24.4 Å². The molecule has 1 heterocycles. The smallest absolute Gasteiger partial charge is 0.125 e. The molecule has 1 unspecified atom stereocenters. The normalized spacial score (nSPS) is 12.9. The minimum absolute atomic E-state index is 0.110. The third-order valence-electron chi connectivity index (χ3n) is 1.17. The maximum absolute atomic E-state index is 4.76. The van der Waals surface area contributed by atoms with Crippen LogP contribution in [0.4, 0.5) is 0 Å². The number of nitrogens with one attached hydrogen (secondary N) is 1. The number of hydrogen-bond donors (Lipinski definition) is 1. The van der Waals surface area contributed by atoms with E-state index < -0.39 is 0 Å². The van der Waals surface area contributed by atoms with Crippen LogP contribution in [0.25, 0.3) is 0 Å². The zero-order chi connectivity index (χ0) is 8.10. The van der Waals surface area contributed by atoms with Gasteiger partial charge in [-0.05, 0) is 12.1 Å². The maximum atomic E-state index is 4.76. The second-order valence-electron chi connectivity index (χ2n) is 1.94. The Morgan fingerprint density at radius 3 is 3.00 bits per heavy atom. The summed E-state index contributed by atoms with van der Waals surface area (Å²) in [6.45, 7) is 0. The third-order valence-corrected chi connectivity index (χ3v) is 2.06. The topological polar surface area (TPSA) is 34.1 Å². The zero-order valence-electron chi connectivity index (χ0n) is 6.12. The van der Waals surface area contributed by atoms with Gasteiger partial charge in [0.05, 0.1) is 12.8 Å². The Morgan fingerprint density at radius 2 is 2.45 bits per heavy atom. The van der Waals surface area contributed by atoms with E-state index in [1.54, 1.807) is 13.3 Å². The van der Waals surface area contributed by atoms with E-state index in [2.05, 4.69) is 33.1 Å². The lowest BCUT2D eigenvalue weighted by Crippen LogP contribution is -2.14. The summed E-state index contributed by atoms with van der Waals surface area (Å²) in [4.78, 5) is 8.91. The Hall–Kier alpha value is -0.200. The molecule has 4 heteroatoms. The van der Waals surface area contributed by atoms with E-state index in [0.717, 1.165) is 5.69 Å². The highest BCUT2D eigenvalue weighted by atomic mass is 127. The summed E-state index contributed by atoms with van der Waals surface area (Å²) < 4.78 is 0.110. The lowest BCUT2D eigenvalue weighted by Gasteiger charge is -2.07. The molecular formula is C7H9IN2O. The molecule has 3 nitrogen and oxygen atoms in total. The molecule has 0 saturated heterocycles. The molecule has 1 N–H and O–H groups in total. The average Bonchev–Trinajstić information content (AvgIpc) is 2.07. The van der Waals surface area contributed by atoms with Crippen LogP contribution < -0.4 is 5.48 Å². The van der Waals surface area contributed by atoms with Gasteiger partial charge in [0.25, 0.3) is 0 Å². The number of halogens is 1. The Morgan fingerprint density at radius 1 is 1.64 bits per heavy atom. The second kappa shape index (κ2) is 4.63. The molecule has 60 valence electrons. The predicted molar refractivity (Wildman–Crippen MR) is 51.1 cm³/mol. The number of alkyl halides is 1. The van der Waals surface area contributed by atoms with E-state index >= 15 is 0 Å². The summed E-state index contributed by atoms with van der Waals surface area (Å²) >= 11 is 2.21. The molecule has 1 atom stereocenters. The molecule has 0 radical (unpaired) electrons. The van der Waals surface area contributed by atoms with Gasteiger partial charge in [0.2, 0.25) is 0 Å². The van der Waals surface area contributed by atoms with Gasteiger partial charge >= 0.3 is 0 Å². The molecule has 1 rings (SSSR count). The summed E-state index contributed by atoms with van der Waals surface area (Å²) in [6.07, 6.45) is 1.76. The van der Waals surface area contributed by atoms with Crippen molar-refractivity contribution in [2.75, 3.05) is 7.11 Å². The van der Waals surface area contributed by atoms with Crippen molar-refractivity contribution < 1.29 is 4.84 Å². The number of aromatic nitrogens is 1. The van der Waals surface area contributed by atoms with Crippen molar-refractivity contribution in [3.8, 4) is 0 Å². The predicted octanol–water partition coefficient (Wildman–Crippen LogP) is 1.67. The van der Waals surface area contributed by atoms with Crippen LogP contribution in [0.2, 0.25) is 0 Å². The number of nitrogens with zero attached hydrogens (tertiary/aromatic N) is 1. The average molecular weight is 264 g/mol. The van der Waals surface area contributed by atoms with E-state index in [-0.39, 0.29) is 4.05 Å². The van der Waals surface area contributed by atoms with Gasteiger partial charge in [-0.1, -0.05) is 28.7 Å². The highest BCUT2D eigenvalue weighted by Crippen LogP contribution is 2.16. The molecule has 0 amide bonds. The van der Waals surface area contributed by atoms with Crippen molar-refractivity contribution in [3.63, 3.8) is 0 Å². The molecule has 1 aromatic heterocycles. The molecule has 0 aliphatic rings. The maximum Gasteiger partial charge on any atom is 0.125 e. The first-order valence-corrected chi connectivity index (χ1v) is 4.42. The van der Waals surface area contributed by atoms with Gasteiger partial charge in [0.1, 0.15) is 4.05 Å². The van der Waals surface area contributed by atoms with Crippen LogP contribution in [0, 0.1) is 0 Å². The summed E-state index contributed by atoms with van der Waals surface area (Å²) in [7, 11) is 1.59. The lowest BCUT2D eigenvalue weighted by molar-refractivity contribution is 0.0871. The van der Waals surface area contributed by atoms with Gasteiger partial charge < -0.3 is 4.84 Å². The molecule has 0 aliphatic heterocycles. The fraction of sp³-hybridized carbons (Fsp3) is 0.286. The van der Waals surface area contributed by atoms with Crippen LogP contribution in [0.3, 0.4) is 0 Å². The van der Waals surface area contributed by atoms with E-state index in [4.69, 9.17) is 4.84 Å². The minimum atomic E-state index is 0.110. The lowest BCUT2D eigenvalue weighted by atomic mass is 10.4. The van der Waals surface area contributed by atoms with Crippen LogP contribution in [0.5, 0.6) is 0 Å². The van der Waals surface area contributed by atoms with Crippen molar-refractivity contribution in [1.82, 2.24) is 10.5 Å². The van der Waals surface area contributed by atoms with Gasteiger partial charge in [0.15, 0.2) is 0 Å². The van der Waals surface area contributed by atoms with Crippen molar-refractivity contribution in [2.24, 2.45) is 0 Å². The molecule has 0 bridgehead atoms. The molecule has 0 aromatic carbocycles. The number of pyridine rings is 1. The van der Waals surface area contributed by atoms with Crippen molar-refractivity contribution in [3.05, 3.63) is 30.1 Å². The molecule has 0 spiro atoms. The summed E-state index contributed by atoms with van der Waals surface area (Å²) in [5.74, 6) is 0. The van der Waals surface area contributed by atoms with E-state index in [1.807, 2.05) is 18.2 Å². The monoisotopic (exact) mass is 264 g/mol. The first-order chi connectivity index (χ1) is 5.34. The van der Waals surface area contributed by atoms with Gasteiger partial charge in [-0.25, -0.2) is 0 Å². The molecule has 0 aliphatic carbocycles. The molecular weight excluding hydrogens is 255 g/mol.